The Morgan fingerprint density at radius 3 is 2.56 bits per heavy atom. The minimum Gasteiger partial charge on any atom is -0.465 e. The van der Waals surface area contributed by atoms with Crippen LogP contribution < -0.4 is 0 Å². The van der Waals surface area contributed by atoms with E-state index >= 15 is 0 Å². The summed E-state index contributed by atoms with van der Waals surface area (Å²) >= 11 is 3.06. The highest BCUT2D eigenvalue weighted by Crippen LogP contribution is 2.21. The molecule has 0 spiro atoms. The van der Waals surface area contributed by atoms with Crippen molar-refractivity contribution in [2.75, 3.05) is 7.11 Å². The number of esters is 1. The second-order valence-electron chi connectivity index (χ2n) is 2.98. The van der Waals surface area contributed by atoms with Crippen LogP contribution in [-0.2, 0) is 20.7 Å². The second-order valence-corrected chi connectivity index (χ2v) is 5.20. The van der Waals surface area contributed by atoms with E-state index in [0.29, 0.717) is 4.47 Å². The third-order valence-corrected chi connectivity index (χ3v) is 3.20. The van der Waals surface area contributed by atoms with E-state index in [4.69, 9.17) is 0 Å². The van der Waals surface area contributed by atoms with Gasteiger partial charge in [-0.1, -0.05) is 22.0 Å². The van der Waals surface area contributed by atoms with Crippen LogP contribution >= 0.6 is 15.9 Å². The number of hydrogen-bond acceptors (Lipinski definition) is 4. The molecule has 0 aliphatic heterocycles. The molecule has 0 atom stereocenters. The van der Waals surface area contributed by atoms with Gasteiger partial charge in [-0.2, -0.15) is 8.42 Å². The number of carbonyl (C=O) groups excluding carboxylic acids is 1. The average molecular weight is 311 g/mol. The Morgan fingerprint density at radius 1 is 1.50 bits per heavy atom. The van der Waals surface area contributed by atoms with E-state index in [0.717, 1.165) is 0 Å². The van der Waals surface area contributed by atoms with Gasteiger partial charge in [0.15, 0.2) is 0 Å². The molecule has 7 heteroatoms. The standard InChI is InChI=1S/C9H8BrFO4S/c1-15-9(12)6-2-3-7(8(10)4-6)5-16(11,13)14/h2-4H,5H2,1H3. The largest absolute Gasteiger partial charge is 0.465 e. The minimum atomic E-state index is -4.58. The first-order chi connectivity index (χ1) is 7.33. The number of benzene rings is 1. The molecule has 16 heavy (non-hydrogen) atoms. The van der Waals surface area contributed by atoms with Crippen LogP contribution in [-0.4, -0.2) is 21.5 Å². The highest BCUT2D eigenvalue weighted by Gasteiger charge is 2.14. The molecule has 0 fully saturated rings. The number of rotatable bonds is 3. The molecule has 0 unspecified atom stereocenters. The Kier molecular flexibility index (Phi) is 4.03. The van der Waals surface area contributed by atoms with Crippen molar-refractivity contribution in [3.05, 3.63) is 33.8 Å². The van der Waals surface area contributed by atoms with E-state index in [1.807, 2.05) is 0 Å². The number of hydrogen-bond donors (Lipinski definition) is 0. The zero-order valence-corrected chi connectivity index (χ0v) is 10.6. The molecule has 0 N–H and O–H groups in total. The van der Waals surface area contributed by atoms with Gasteiger partial charge in [-0.05, 0) is 17.7 Å². The predicted molar refractivity (Wildman–Crippen MR) is 59.2 cm³/mol. The number of ether oxygens (including phenoxy) is 1. The normalized spacial score (nSPS) is 11.2. The summed E-state index contributed by atoms with van der Waals surface area (Å²) in [4.78, 5) is 11.1. The van der Waals surface area contributed by atoms with Gasteiger partial charge in [0.25, 0.3) is 0 Å². The lowest BCUT2D eigenvalue weighted by molar-refractivity contribution is 0.0600. The fourth-order valence-electron chi connectivity index (χ4n) is 1.09. The Balaban J connectivity index is 3.05. The molecule has 0 radical (unpaired) electrons. The van der Waals surface area contributed by atoms with E-state index in [9.17, 15) is 17.1 Å². The van der Waals surface area contributed by atoms with Crippen molar-refractivity contribution >= 4 is 32.1 Å². The molecule has 0 amide bonds. The lowest BCUT2D eigenvalue weighted by Crippen LogP contribution is -2.03. The zero-order chi connectivity index (χ0) is 12.3. The number of carbonyl (C=O) groups is 1. The van der Waals surface area contributed by atoms with Crippen molar-refractivity contribution in [1.82, 2.24) is 0 Å². The van der Waals surface area contributed by atoms with Gasteiger partial charge in [-0.25, -0.2) is 4.79 Å². The van der Waals surface area contributed by atoms with Crippen molar-refractivity contribution in [1.29, 1.82) is 0 Å². The number of methoxy groups -OCH3 is 1. The third kappa shape index (κ3) is 3.57. The van der Waals surface area contributed by atoms with Crippen molar-refractivity contribution in [3.63, 3.8) is 0 Å². The summed E-state index contributed by atoms with van der Waals surface area (Å²) in [6.45, 7) is 0. The van der Waals surface area contributed by atoms with Crippen LogP contribution in [0.15, 0.2) is 22.7 Å². The Morgan fingerprint density at radius 2 is 2.12 bits per heavy atom. The van der Waals surface area contributed by atoms with Gasteiger partial charge >= 0.3 is 16.2 Å². The lowest BCUT2D eigenvalue weighted by Gasteiger charge is -2.04. The molecule has 1 rings (SSSR count). The maximum atomic E-state index is 12.4. The summed E-state index contributed by atoms with van der Waals surface area (Å²) in [6, 6.07) is 4.11. The fourth-order valence-corrected chi connectivity index (χ4v) is 2.42. The Hall–Kier alpha value is -0.950. The third-order valence-electron chi connectivity index (χ3n) is 1.80. The van der Waals surface area contributed by atoms with E-state index in [1.165, 1.54) is 25.3 Å². The van der Waals surface area contributed by atoms with Crippen molar-refractivity contribution < 1.29 is 21.8 Å². The molecule has 0 aliphatic rings. The molecule has 1 aromatic rings. The quantitative estimate of drug-likeness (QED) is 0.633. The van der Waals surface area contributed by atoms with Crippen LogP contribution in [0.5, 0.6) is 0 Å². The van der Waals surface area contributed by atoms with Crippen LogP contribution in [0.1, 0.15) is 15.9 Å². The first-order valence-electron chi connectivity index (χ1n) is 4.12. The molecule has 4 nitrogen and oxygen atoms in total. The smallest absolute Gasteiger partial charge is 0.337 e. The van der Waals surface area contributed by atoms with Crippen molar-refractivity contribution in [2.45, 2.75) is 5.75 Å². The van der Waals surface area contributed by atoms with Crippen LogP contribution in [0.25, 0.3) is 0 Å². The molecular weight excluding hydrogens is 303 g/mol. The molecule has 0 saturated carbocycles. The van der Waals surface area contributed by atoms with Gasteiger partial charge in [0.05, 0.1) is 12.7 Å². The zero-order valence-electron chi connectivity index (χ0n) is 8.24. The van der Waals surface area contributed by atoms with E-state index in [2.05, 4.69) is 20.7 Å². The Bertz CT molecular complexity index is 512. The van der Waals surface area contributed by atoms with E-state index in [1.54, 1.807) is 0 Å². The fraction of sp³-hybridized carbons (Fsp3) is 0.222. The van der Waals surface area contributed by atoms with Gasteiger partial charge in [-0.3, -0.25) is 0 Å². The summed E-state index contributed by atoms with van der Waals surface area (Å²) in [7, 11) is -3.35. The molecule has 0 heterocycles. The van der Waals surface area contributed by atoms with E-state index in [-0.39, 0.29) is 11.1 Å². The summed E-state index contributed by atoms with van der Waals surface area (Å²) in [5.74, 6) is -1.27. The molecule has 0 aromatic heterocycles. The van der Waals surface area contributed by atoms with E-state index < -0.39 is 21.9 Å². The monoisotopic (exact) mass is 310 g/mol. The van der Waals surface area contributed by atoms with Gasteiger partial charge in [-0.15, -0.1) is 3.89 Å². The van der Waals surface area contributed by atoms with Crippen LogP contribution in [0.3, 0.4) is 0 Å². The molecule has 0 saturated heterocycles. The highest BCUT2D eigenvalue weighted by atomic mass is 79.9. The maximum absolute atomic E-state index is 12.4. The summed E-state index contributed by atoms with van der Waals surface area (Å²) < 4.78 is 38.2. The molecule has 1 aromatic carbocycles. The molecule has 0 bridgehead atoms. The molecule has 88 valence electrons. The predicted octanol–water partition coefficient (Wildman–Crippen LogP) is 2.04. The summed E-state index contributed by atoms with van der Waals surface area (Å²) in [5, 5.41) is 0. The van der Waals surface area contributed by atoms with Crippen molar-refractivity contribution in [2.24, 2.45) is 0 Å². The van der Waals surface area contributed by atoms with Crippen LogP contribution in [0.4, 0.5) is 3.89 Å². The Labute approximate surface area is 101 Å². The molecular formula is C9H8BrFO4S. The van der Waals surface area contributed by atoms with Crippen molar-refractivity contribution in [3.8, 4) is 0 Å². The van der Waals surface area contributed by atoms with Crippen LogP contribution in [0.2, 0.25) is 0 Å². The maximum Gasteiger partial charge on any atom is 0.337 e. The molecule has 0 aliphatic carbocycles. The summed E-state index contributed by atoms with van der Waals surface area (Å²) in [5.41, 5.74) is 0.504. The minimum absolute atomic E-state index is 0.246. The summed E-state index contributed by atoms with van der Waals surface area (Å²) in [6.07, 6.45) is 0. The van der Waals surface area contributed by atoms with Crippen LogP contribution in [0, 0.1) is 0 Å². The van der Waals surface area contributed by atoms with Gasteiger partial charge in [0.1, 0.15) is 5.75 Å². The van der Waals surface area contributed by atoms with Gasteiger partial charge in [0, 0.05) is 4.47 Å². The lowest BCUT2D eigenvalue weighted by atomic mass is 10.1. The van der Waals surface area contributed by atoms with Gasteiger partial charge in [0.2, 0.25) is 0 Å². The average Bonchev–Trinajstić information content (AvgIpc) is 2.18. The van der Waals surface area contributed by atoms with Gasteiger partial charge < -0.3 is 4.74 Å². The number of halogens is 2. The topological polar surface area (TPSA) is 60.4 Å². The SMILES string of the molecule is COC(=O)c1ccc(CS(=O)(=O)F)c(Br)c1. The first kappa shape index (κ1) is 13.1. The first-order valence-corrected chi connectivity index (χ1v) is 6.47. The second kappa shape index (κ2) is 4.92. The highest BCUT2D eigenvalue weighted by molar-refractivity contribution is 9.10.